The first kappa shape index (κ1) is 21.8. The number of fused-ring (bicyclic) bond motifs is 5. The van der Waals surface area contributed by atoms with E-state index in [2.05, 4.69) is 20.8 Å². The minimum Gasteiger partial charge on any atom is -0.272 e. The molecular weight excluding hydrogens is 426 g/mol. The molecule has 33 heavy (non-hydrogen) atoms. The lowest BCUT2D eigenvalue weighted by Crippen LogP contribution is -2.55. The van der Waals surface area contributed by atoms with Gasteiger partial charge in [0, 0.05) is 11.5 Å². The molecule has 1 aromatic carbocycles. The molecule has 0 radical (unpaired) electrons. The topological polar surface area (TPSA) is 175 Å². The lowest BCUT2D eigenvalue weighted by Gasteiger charge is -2.39. The molecule has 2 amide bonds. The third-order valence-corrected chi connectivity index (χ3v) is 7.50. The summed E-state index contributed by atoms with van der Waals surface area (Å²) in [7, 11) is 0. The van der Waals surface area contributed by atoms with Crippen LogP contribution in [-0.2, 0) is 15.6 Å². The van der Waals surface area contributed by atoms with Gasteiger partial charge in [-0.2, -0.15) is 10.5 Å². The van der Waals surface area contributed by atoms with Crippen molar-refractivity contribution in [3.63, 3.8) is 0 Å². The van der Waals surface area contributed by atoms with Gasteiger partial charge in [-0.25, -0.2) is 9.97 Å². The van der Waals surface area contributed by atoms with Gasteiger partial charge in [-0.1, -0.05) is 32.9 Å². The van der Waals surface area contributed by atoms with Crippen molar-refractivity contribution in [1.82, 2.24) is 20.8 Å². The van der Waals surface area contributed by atoms with E-state index in [9.17, 15) is 30.2 Å². The molecule has 0 spiro atoms. The molecule has 0 saturated heterocycles. The number of nitro groups is 1. The van der Waals surface area contributed by atoms with E-state index in [0.717, 1.165) is 0 Å². The van der Waals surface area contributed by atoms with Gasteiger partial charge in [-0.3, -0.25) is 30.6 Å². The Labute approximate surface area is 188 Å². The first-order valence-corrected chi connectivity index (χ1v) is 10.1. The second-order valence-electron chi connectivity index (χ2n) is 8.89. The number of para-hydroxylation sites is 1. The Morgan fingerprint density at radius 3 is 2.24 bits per heavy atom. The van der Waals surface area contributed by atoms with Crippen molar-refractivity contribution in [2.24, 2.45) is 5.41 Å². The molecule has 1 heterocycles. The number of nitro benzene ring substituents is 1. The number of nitriles is 2. The molecule has 2 bridgehead atoms. The molecule has 2 aliphatic rings. The molecule has 1 aromatic heterocycles. The summed E-state index contributed by atoms with van der Waals surface area (Å²) in [5, 5.41) is 30.0. The van der Waals surface area contributed by atoms with E-state index in [1.54, 1.807) is 0 Å². The van der Waals surface area contributed by atoms with Crippen molar-refractivity contribution in [3.05, 3.63) is 62.7 Å². The Morgan fingerprint density at radius 2 is 1.64 bits per heavy atom. The molecule has 11 nitrogen and oxygen atoms in total. The monoisotopic (exact) mass is 445 g/mol. The molecule has 4 rings (SSSR count). The second-order valence-corrected chi connectivity index (χ2v) is 8.89. The Balaban J connectivity index is 1.72. The SMILES string of the molecule is CC12CCC(C(=O)NNC(=O)c3ccccc3[N+](=O)[O-])(c3nc(C#N)c(C#N)nc31)C2(C)C. The standard InChI is InChI=1S/C22H19N7O4/c1-20(2)21(3)8-9-22(20,17-16(21)25-13(10-23)14(11-24)26-17)19(31)28-27-18(30)12-6-4-5-7-15(12)29(32)33/h4-7H,8-9H2,1-3H3,(H,27,30)(H,28,31). The van der Waals surface area contributed by atoms with E-state index in [1.165, 1.54) is 24.3 Å². The van der Waals surface area contributed by atoms with Crippen molar-refractivity contribution in [1.29, 1.82) is 10.5 Å². The molecule has 1 saturated carbocycles. The normalized spacial score (nSPS) is 23.7. The fraction of sp³-hybridized carbons (Fsp3) is 0.364. The smallest absolute Gasteiger partial charge is 0.272 e. The Kier molecular flexibility index (Phi) is 4.68. The van der Waals surface area contributed by atoms with E-state index in [1.807, 2.05) is 32.9 Å². The quantitative estimate of drug-likeness (QED) is 0.532. The highest BCUT2D eigenvalue weighted by atomic mass is 16.6. The number of nitrogens with one attached hydrogen (secondary N) is 2. The number of carbonyl (C=O) groups is 2. The summed E-state index contributed by atoms with van der Waals surface area (Å²) in [5.41, 5.74) is 2.11. The zero-order chi connectivity index (χ0) is 24.2. The summed E-state index contributed by atoms with van der Waals surface area (Å²) < 4.78 is 0. The van der Waals surface area contributed by atoms with Gasteiger partial charge in [0.05, 0.1) is 16.3 Å². The summed E-state index contributed by atoms with van der Waals surface area (Å²) in [4.78, 5) is 45.5. The fourth-order valence-corrected chi connectivity index (χ4v) is 5.25. The number of aromatic nitrogens is 2. The Morgan fingerprint density at radius 1 is 1.03 bits per heavy atom. The van der Waals surface area contributed by atoms with Gasteiger partial charge in [0.25, 0.3) is 17.5 Å². The molecule has 11 heteroatoms. The minimum atomic E-state index is -1.22. The lowest BCUT2D eigenvalue weighted by molar-refractivity contribution is -0.385. The summed E-state index contributed by atoms with van der Waals surface area (Å²) in [5.74, 6) is -1.41. The predicted molar refractivity (Wildman–Crippen MR) is 112 cm³/mol. The zero-order valence-corrected chi connectivity index (χ0v) is 18.1. The van der Waals surface area contributed by atoms with Crippen LogP contribution in [0.25, 0.3) is 0 Å². The highest BCUT2D eigenvalue weighted by molar-refractivity contribution is 6.00. The maximum absolute atomic E-state index is 13.6. The van der Waals surface area contributed by atoms with E-state index >= 15 is 0 Å². The molecule has 2 aromatic rings. The molecule has 2 N–H and O–H groups in total. The van der Waals surface area contributed by atoms with Gasteiger partial charge in [-0.15, -0.1) is 0 Å². The predicted octanol–water partition coefficient (Wildman–Crippen LogP) is 1.92. The van der Waals surface area contributed by atoms with Crippen LogP contribution in [-0.4, -0.2) is 26.7 Å². The van der Waals surface area contributed by atoms with Gasteiger partial charge in [0.2, 0.25) is 0 Å². The average Bonchev–Trinajstić information content (AvgIpc) is 3.10. The molecule has 0 aliphatic heterocycles. The Hall–Kier alpha value is -4.38. The number of rotatable bonds is 3. The average molecular weight is 445 g/mol. The van der Waals surface area contributed by atoms with Crippen molar-refractivity contribution in [2.75, 3.05) is 0 Å². The van der Waals surface area contributed by atoms with Gasteiger partial charge < -0.3 is 0 Å². The van der Waals surface area contributed by atoms with Crippen LogP contribution in [0.15, 0.2) is 24.3 Å². The third kappa shape index (κ3) is 2.66. The molecular formula is C22H19N7O4. The highest BCUT2D eigenvalue weighted by Gasteiger charge is 2.73. The number of benzene rings is 1. The Bertz CT molecular complexity index is 1320. The van der Waals surface area contributed by atoms with Gasteiger partial charge in [0.1, 0.15) is 23.1 Å². The third-order valence-electron chi connectivity index (χ3n) is 7.50. The van der Waals surface area contributed by atoms with E-state index in [-0.39, 0.29) is 17.0 Å². The number of hydrogen-bond acceptors (Lipinski definition) is 8. The second kappa shape index (κ2) is 7.07. The van der Waals surface area contributed by atoms with Gasteiger partial charge >= 0.3 is 0 Å². The van der Waals surface area contributed by atoms with E-state index in [4.69, 9.17) is 0 Å². The molecule has 1 fully saturated rings. The molecule has 2 unspecified atom stereocenters. The minimum absolute atomic E-state index is 0.0962. The summed E-state index contributed by atoms with van der Waals surface area (Å²) in [6, 6.07) is 9.14. The van der Waals surface area contributed by atoms with Crippen LogP contribution >= 0.6 is 0 Å². The number of hydrazine groups is 1. The molecule has 2 atom stereocenters. The summed E-state index contributed by atoms with van der Waals surface area (Å²) >= 11 is 0. The van der Waals surface area contributed by atoms with Crippen molar-refractivity contribution < 1.29 is 14.5 Å². The van der Waals surface area contributed by atoms with E-state index < -0.39 is 38.7 Å². The maximum atomic E-state index is 13.6. The van der Waals surface area contributed by atoms with Crippen molar-refractivity contribution >= 4 is 17.5 Å². The number of amides is 2. The largest absolute Gasteiger partial charge is 0.282 e. The number of carbonyl (C=O) groups excluding carboxylic acids is 2. The van der Waals surface area contributed by atoms with Crippen LogP contribution in [0, 0.1) is 38.2 Å². The summed E-state index contributed by atoms with van der Waals surface area (Å²) in [6.45, 7) is 5.73. The van der Waals surface area contributed by atoms with Crippen LogP contribution in [0.3, 0.4) is 0 Å². The first-order chi connectivity index (χ1) is 15.5. The molecule has 2 aliphatic carbocycles. The van der Waals surface area contributed by atoms with Crippen LogP contribution in [0.4, 0.5) is 5.69 Å². The zero-order valence-electron chi connectivity index (χ0n) is 18.1. The van der Waals surface area contributed by atoms with Crippen LogP contribution in [0.1, 0.15) is 66.7 Å². The number of nitrogens with zero attached hydrogens (tertiary/aromatic N) is 5. The van der Waals surface area contributed by atoms with E-state index in [0.29, 0.717) is 24.2 Å². The van der Waals surface area contributed by atoms with Crippen molar-refractivity contribution in [3.8, 4) is 12.1 Å². The van der Waals surface area contributed by atoms with Gasteiger partial charge in [-0.05, 0) is 24.3 Å². The highest BCUT2D eigenvalue weighted by Crippen LogP contribution is 2.70. The fourth-order valence-electron chi connectivity index (χ4n) is 5.25. The summed E-state index contributed by atoms with van der Waals surface area (Å²) in [6.07, 6.45) is 0.978. The van der Waals surface area contributed by atoms with Crippen molar-refractivity contribution in [2.45, 2.75) is 44.4 Å². The van der Waals surface area contributed by atoms with Crippen LogP contribution < -0.4 is 10.9 Å². The van der Waals surface area contributed by atoms with Crippen LogP contribution in [0.5, 0.6) is 0 Å². The molecule has 166 valence electrons. The van der Waals surface area contributed by atoms with Crippen LogP contribution in [0.2, 0.25) is 0 Å². The van der Waals surface area contributed by atoms with Gasteiger partial charge in [0.15, 0.2) is 11.4 Å². The lowest BCUT2D eigenvalue weighted by atomic mass is 9.63. The first-order valence-electron chi connectivity index (χ1n) is 10.1. The number of hydrogen-bond donors (Lipinski definition) is 2. The maximum Gasteiger partial charge on any atom is 0.282 e.